The van der Waals surface area contributed by atoms with Crippen molar-refractivity contribution < 1.29 is 14.4 Å². The Balaban J connectivity index is 1.73. The number of non-ortho nitro benzene ring substituents is 1. The van der Waals surface area contributed by atoms with E-state index in [1.54, 1.807) is 12.1 Å². The van der Waals surface area contributed by atoms with E-state index >= 15 is 0 Å². The molecule has 0 fully saturated rings. The molecular weight excluding hydrogens is 286 g/mol. The predicted molar refractivity (Wildman–Crippen MR) is 81.5 cm³/mol. The third-order valence-electron chi connectivity index (χ3n) is 3.22. The maximum absolute atomic E-state index is 10.6. The zero-order valence-electron chi connectivity index (χ0n) is 11.8. The lowest BCUT2D eigenvalue weighted by Crippen LogP contribution is -2.00. The van der Waals surface area contributed by atoms with Crippen LogP contribution in [-0.4, -0.2) is 17.4 Å². The minimum atomic E-state index is -0.440. The Morgan fingerprint density at radius 1 is 1.18 bits per heavy atom. The topological polar surface area (TPSA) is 86.0 Å². The normalized spacial score (nSPS) is 13.0. The van der Waals surface area contributed by atoms with E-state index in [1.165, 1.54) is 12.1 Å². The van der Waals surface area contributed by atoms with Gasteiger partial charge in [-0.2, -0.15) is 5.10 Å². The fourth-order valence-electron chi connectivity index (χ4n) is 1.99. The minimum absolute atomic E-state index is 0.0435. The van der Waals surface area contributed by atoms with Gasteiger partial charge in [0.2, 0.25) is 6.79 Å². The fourth-order valence-corrected chi connectivity index (χ4v) is 1.99. The summed E-state index contributed by atoms with van der Waals surface area (Å²) in [5.41, 5.74) is 5.25. The third kappa shape index (κ3) is 2.83. The van der Waals surface area contributed by atoms with Crippen LogP contribution in [0.3, 0.4) is 0 Å². The quantitative estimate of drug-likeness (QED) is 0.532. The second-order valence-corrected chi connectivity index (χ2v) is 4.68. The molecule has 1 heterocycles. The number of nitrogens with zero attached hydrogens (tertiary/aromatic N) is 2. The summed E-state index contributed by atoms with van der Waals surface area (Å²) >= 11 is 0. The number of rotatable bonds is 4. The van der Waals surface area contributed by atoms with Gasteiger partial charge in [-0.05, 0) is 37.3 Å². The maximum atomic E-state index is 10.6. The number of benzene rings is 2. The highest BCUT2D eigenvalue weighted by Crippen LogP contribution is 2.32. The Kier molecular flexibility index (Phi) is 3.61. The number of hydrogen-bond acceptors (Lipinski definition) is 6. The Hall–Kier alpha value is -3.09. The second kappa shape index (κ2) is 5.72. The van der Waals surface area contributed by atoms with Crippen LogP contribution in [0.1, 0.15) is 12.5 Å². The number of nitro groups is 1. The molecule has 0 saturated heterocycles. The molecule has 112 valence electrons. The predicted octanol–water partition coefficient (Wildman–Crippen LogP) is 3.16. The molecule has 0 spiro atoms. The Labute approximate surface area is 126 Å². The van der Waals surface area contributed by atoms with Crippen molar-refractivity contribution in [2.45, 2.75) is 6.92 Å². The summed E-state index contributed by atoms with van der Waals surface area (Å²) in [5, 5.41) is 14.9. The van der Waals surface area contributed by atoms with Crippen LogP contribution in [0.4, 0.5) is 11.4 Å². The van der Waals surface area contributed by atoms with E-state index < -0.39 is 4.92 Å². The lowest BCUT2D eigenvalue weighted by atomic mass is 10.1. The molecule has 1 N–H and O–H groups in total. The smallest absolute Gasteiger partial charge is 0.269 e. The molecule has 0 aromatic heterocycles. The maximum Gasteiger partial charge on any atom is 0.269 e. The molecular formula is C15H13N3O4. The number of hydrazone groups is 1. The van der Waals surface area contributed by atoms with Crippen molar-refractivity contribution in [3.05, 3.63) is 58.1 Å². The van der Waals surface area contributed by atoms with Crippen molar-refractivity contribution in [3.8, 4) is 11.5 Å². The Morgan fingerprint density at radius 3 is 2.64 bits per heavy atom. The van der Waals surface area contributed by atoms with Crippen molar-refractivity contribution in [1.29, 1.82) is 0 Å². The standard InChI is InChI=1S/C15H13N3O4/c1-10(11-2-7-14-15(8-11)22-9-21-14)16-17-12-3-5-13(6-4-12)18(19)20/h2-8,17H,9H2,1H3. The zero-order valence-corrected chi connectivity index (χ0v) is 11.8. The summed E-state index contributed by atoms with van der Waals surface area (Å²) in [6, 6.07) is 11.6. The number of hydrogen-bond donors (Lipinski definition) is 1. The molecule has 0 atom stereocenters. The van der Waals surface area contributed by atoms with Crippen LogP contribution in [0, 0.1) is 10.1 Å². The first-order valence-electron chi connectivity index (χ1n) is 6.58. The van der Waals surface area contributed by atoms with Crippen molar-refractivity contribution in [1.82, 2.24) is 0 Å². The number of nitro benzene ring substituents is 1. The van der Waals surface area contributed by atoms with Crippen molar-refractivity contribution in [2.24, 2.45) is 5.10 Å². The van der Waals surface area contributed by atoms with E-state index in [9.17, 15) is 10.1 Å². The largest absolute Gasteiger partial charge is 0.454 e. The minimum Gasteiger partial charge on any atom is -0.454 e. The monoisotopic (exact) mass is 299 g/mol. The molecule has 7 heteroatoms. The Morgan fingerprint density at radius 2 is 1.91 bits per heavy atom. The van der Waals surface area contributed by atoms with Gasteiger partial charge in [-0.3, -0.25) is 15.5 Å². The van der Waals surface area contributed by atoms with Gasteiger partial charge in [-0.25, -0.2) is 0 Å². The van der Waals surface area contributed by atoms with Crippen molar-refractivity contribution in [3.63, 3.8) is 0 Å². The van der Waals surface area contributed by atoms with E-state index in [0.29, 0.717) is 11.4 Å². The van der Waals surface area contributed by atoms with E-state index in [0.717, 1.165) is 17.0 Å². The van der Waals surface area contributed by atoms with Gasteiger partial charge in [-0.15, -0.1) is 0 Å². The molecule has 2 aromatic rings. The van der Waals surface area contributed by atoms with Crippen molar-refractivity contribution >= 4 is 17.1 Å². The van der Waals surface area contributed by atoms with E-state index in [4.69, 9.17) is 9.47 Å². The summed E-state index contributed by atoms with van der Waals surface area (Å²) in [6.45, 7) is 2.09. The summed E-state index contributed by atoms with van der Waals surface area (Å²) in [7, 11) is 0. The van der Waals surface area contributed by atoms with Gasteiger partial charge in [-0.1, -0.05) is 0 Å². The van der Waals surface area contributed by atoms with E-state index in [-0.39, 0.29) is 12.5 Å². The van der Waals surface area contributed by atoms with Crippen LogP contribution in [0.2, 0.25) is 0 Å². The molecule has 0 unspecified atom stereocenters. The van der Waals surface area contributed by atoms with Crippen molar-refractivity contribution in [2.75, 3.05) is 12.2 Å². The molecule has 3 rings (SSSR count). The number of fused-ring (bicyclic) bond motifs is 1. The van der Waals surface area contributed by atoms with Crippen LogP contribution in [0.25, 0.3) is 0 Å². The lowest BCUT2D eigenvalue weighted by molar-refractivity contribution is -0.384. The third-order valence-corrected chi connectivity index (χ3v) is 3.22. The number of ether oxygens (including phenoxy) is 2. The molecule has 7 nitrogen and oxygen atoms in total. The first-order valence-corrected chi connectivity index (χ1v) is 6.58. The van der Waals surface area contributed by atoms with Gasteiger partial charge in [0.1, 0.15) is 0 Å². The molecule has 0 saturated carbocycles. The van der Waals surface area contributed by atoms with Gasteiger partial charge in [0, 0.05) is 17.7 Å². The molecule has 22 heavy (non-hydrogen) atoms. The SMILES string of the molecule is CC(=NNc1ccc([N+](=O)[O-])cc1)c1ccc2c(c1)OCO2. The molecule has 2 aromatic carbocycles. The lowest BCUT2D eigenvalue weighted by Gasteiger charge is -2.04. The molecule has 0 amide bonds. The molecule has 1 aliphatic heterocycles. The first-order chi connectivity index (χ1) is 10.6. The number of nitrogens with one attached hydrogen (secondary N) is 1. The highest BCUT2D eigenvalue weighted by atomic mass is 16.7. The van der Waals surface area contributed by atoms with Crippen LogP contribution in [0.5, 0.6) is 11.5 Å². The number of anilines is 1. The average Bonchev–Trinajstić information content (AvgIpc) is 3.00. The summed E-state index contributed by atoms with van der Waals surface area (Å²) in [6.07, 6.45) is 0. The van der Waals surface area contributed by atoms with E-state index in [1.807, 2.05) is 25.1 Å². The second-order valence-electron chi connectivity index (χ2n) is 4.68. The highest BCUT2D eigenvalue weighted by Gasteiger charge is 2.14. The fraction of sp³-hybridized carbons (Fsp3) is 0.133. The summed E-state index contributed by atoms with van der Waals surface area (Å²) < 4.78 is 10.6. The van der Waals surface area contributed by atoms with Gasteiger partial charge in [0.05, 0.1) is 16.3 Å². The molecule has 0 bridgehead atoms. The first kappa shape index (κ1) is 13.9. The molecule has 0 aliphatic carbocycles. The summed E-state index contributed by atoms with van der Waals surface area (Å²) in [5.74, 6) is 1.42. The van der Waals surface area contributed by atoms with Gasteiger partial charge >= 0.3 is 0 Å². The van der Waals surface area contributed by atoms with E-state index in [2.05, 4.69) is 10.5 Å². The van der Waals surface area contributed by atoms with Gasteiger partial charge < -0.3 is 9.47 Å². The highest BCUT2D eigenvalue weighted by molar-refractivity contribution is 5.99. The van der Waals surface area contributed by atoms with Crippen LogP contribution in [0.15, 0.2) is 47.6 Å². The van der Waals surface area contributed by atoms with Crippen LogP contribution < -0.4 is 14.9 Å². The van der Waals surface area contributed by atoms with Gasteiger partial charge in [0.25, 0.3) is 5.69 Å². The van der Waals surface area contributed by atoms with Crippen LogP contribution in [-0.2, 0) is 0 Å². The van der Waals surface area contributed by atoms with Crippen LogP contribution >= 0.6 is 0 Å². The Bertz CT molecular complexity index is 741. The zero-order chi connectivity index (χ0) is 15.5. The molecule has 1 aliphatic rings. The molecule has 0 radical (unpaired) electrons. The average molecular weight is 299 g/mol. The summed E-state index contributed by atoms with van der Waals surface area (Å²) in [4.78, 5) is 10.2. The van der Waals surface area contributed by atoms with Gasteiger partial charge in [0.15, 0.2) is 11.5 Å².